The second-order valence-corrected chi connectivity index (χ2v) is 15.3. The highest BCUT2D eigenvalue weighted by Crippen LogP contribution is 2.44. The van der Waals surface area contributed by atoms with E-state index in [4.69, 9.17) is 4.42 Å². The van der Waals surface area contributed by atoms with Crippen molar-refractivity contribution in [3.05, 3.63) is 237 Å². The van der Waals surface area contributed by atoms with Gasteiger partial charge in [0.2, 0.25) is 0 Å². The van der Waals surface area contributed by atoms with Gasteiger partial charge in [-0.05, 0) is 115 Å². The van der Waals surface area contributed by atoms with E-state index in [0.717, 1.165) is 55.7 Å². The fraction of sp³-hybridized carbons (Fsp3) is 0. The third kappa shape index (κ3) is 6.61. The Kier molecular flexibility index (Phi) is 8.87. The van der Waals surface area contributed by atoms with Crippen molar-refractivity contribution in [2.75, 3.05) is 4.90 Å². The molecular formula is C58H39NO. The molecule has 10 aromatic carbocycles. The van der Waals surface area contributed by atoms with Crippen molar-refractivity contribution in [2.45, 2.75) is 0 Å². The molecule has 282 valence electrons. The molecule has 0 amide bonds. The van der Waals surface area contributed by atoms with Crippen molar-refractivity contribution < 1.29 is 4.42 Å². The van der Waals surface area contributed by atoms with Gasteiger partial charge in [0.15, 0.2) is 0 Å². The van der Waals surface area contributed by atoms with Crippen LogP contribution in [0, 0.1) is 0 Å². The highest BCUT2D eigenvalue weighted by Gasteiger charge is 2.19. The summed E-state index contributed by atoms with van der Waals surface area (Å²) in [5.74, 6) is 0. The summed E-state index contributed by atoms with van der Waals surface area (Å²) in [6.07, 6.45) is 0. The number of anilines is 3. The highest BCUT2D eigenvalue weighted by atomic mass is 16.3. The molecule has 0 atom stereocenters. The molecule has 1 heterocycles. The molecular weight excluding hydrogens is 727 g/mol. The lowest BCUT2D eigenvalue weighted by Gasteiger charge is -2.28. The van der Waals surface area contributed by atoms with E-state index in [2.05, 4.69) is 229 Å². The van der Waals surface area contributed by atoms with Crippen molar-refractivity contribution in [1.82, 2.24) is 0 Å². The summed E-state index contributed by atoms with van der Waals surface area (Å²) in [7, 11) is 0. The Hall–Kier alpha value is -7.94. The Morgan fingerprint density at radius 2 is 0.767 bits per heavy atom. The quantitative estimate of drug-likeness (QED) is 0.153. The summed E-state index contributed by atoms with van der Waals surface area (Å²) >= 11 is 0. The number of fused-ring (bicyclic) bond motifs is 4. The summed E-state index contributed by atoms with van der Waals surface area (Å²) < 4.78 is 6.43. The van der Waals surface area contributed by atoms with Crippen LogP contribution in [0.1, 0.15) is 0 Å². The first-order valence-corrected chi connectivity index (χ1v) is 20.5. The van der Waals surface area contributed by atoms with E-state index < -0.39 is 0 Å². The van der Waals surface area contributed by atoms with Crippen LogP contribution in [0.5, 0.6) is 0 Å². The maximum absolute atomic E-state index is 6.43. The minimum Gasteiger partial charge on any atom is -0.456 e. The lowest BCUT2D eigenvalue weighted by molar-refractivity contribution is 0.669. The summed E-state index contributed by atoms with van der Waals surface area (Å²) in [4.78, 5) is 2.35. The first-order valence-electron chi connectivity index (χ1n) is 20.5. The van der Waals surface area contributed by atoms with Gasteiger partial charge in [0.05, 0.1) is 5.69 Å². The third-order valence-electron chi connectivity index (χ3n) is 11.7. The smallest absolute Gasteiger partial charge is 0.137 e. The first kappa shape index (κ1) is 35.2. The van der Waals surface area contributed by atoms with Crippen molar-refractivity contribution in [3.8, 4) is 55.6 Å². The van der Waals surface area contributed by atoms with Gasteiger partial charge in [0.25, 0.3) is 0 Å². The second kappa shape index (κ2) is 15.1. The standard InChI is InChI=1S/C58H39NO/c1-2-12-40(13-3-1)47-17-11-19-50(38-47)53-20-6-8-22-56(53)59(52-34-35-55-54-21-7-9-23-57(54)60-58(55)39-52)51-32-30-43(31-33-51)42-24-26-44(27-25-42)46-16-10-18-48(36-46)49-29-28-41-14-4-5-15-45(41)37-49/h1-39H. The maximum atomic E-state index is 6.43. The molecule has 0 aliphatic carbocycles. The largest absolute Gasteiger partial charge is 0.456 e. The van der Waals surface area contributed by atoms with E-state index in [-0.39, 0.29) is 0 Å². The van der Waals surface area contributed by atoms with Crippen LogP contribution in [0.3, 0.4) is 0 Å². The minimum atomic E-state index is 0.863. The second-order valence-electron chi connectivity index (χ2n) is 15.3. The molecule has 1 aromatic heterocycles. The van der Waals surface area contributed by atoms with Crippen molar-refractivity contribution in [2.24, 2.45) is 0 Å². The normalized spacial score (nSPS) is 11.3. The molecule has 2 heteroatoms. The molecule has 60 heavy (non-hydrogen) atoms. The molecule has 0 unspecified atom stereocenters. The maximum Gasteiger partial charge on any atom is 0.137 e. The number of hydrogen-bond donors (Lipinski definition) is 0. The van der Waals surface area contributed by atoms with Crippen molar-refractivity contribution in [3.63, 3.8) is 0 Å². The molecule has 0 aliphatic rings. The number of para-hydroxylation sites is 2. The average Bonchev–Trinajstić information content (AvgIpc) is 3.70. The SMILES string of the molecule is c1ccc(-c2cccc(-c3ccccc3N(c3ccc(-c4ccc(-c5cccc(-c6ccc7ccccc7c6)c5)cc4)cc3)c3ccc4c(c3)oc3ccccc34)c2)cc1. The van der Waals surface area contributed by atoms with Crippen LogP contribution in [-0.4, -0.2) is 0 Å². The van der Waals surface area contributed by atoms with Crippen LogP contribution in [0.15, 0.2) is 241 Å². The Labute approximate surface area is 349 Å². The van der Waals surface area contributed by atoms with Gasteiger partial charge in [0.1, 0.15) is 11.2 Å². The van der Waals surface area contributed by atoms with Crippen molar-refractivity contribution in [1.29, 1.82) is 0 Å². The number of benzene rings is 10. The van der Waals surface area contributed by atoms with Gasteiger partial charge in [-0.2, -0.15) is 0 Å². The Morgan fingerprint density at radius 3 is 1.55 bits per heavy atom. The minimum absolute atomic E-state index is 0.863. The molecule has 2 nitrogen and oxygen atoms in total. The van der Waals surface area contributed by atoms with Gasteiger partial charge in [-0.1, -0.05) is 176 Å². The number of hydrogen-bond acceptors (Lipinski definition) is 2. The topological polar surface area (TPSA) is 16.4 Å². The van der Waals surface area contributed by atoms with Crippen LogP contribution in [0.25, 0.3) is 88.3 Å². The zero-order chi connectivity index (χ0) is 39.8. The van der Waals surface area contributed by atoms with Crippen LogP contribution < -0.4 is 4.90 Å². The van der Waals surface area contributed by atoms with Gasteiger partial charge in [-0.15, -0.1) is 0 Å². The summed E-state index contributed by atoms with van der Waals surface area (Å²) in [6.45, 7) is 0. The van der Waals surface area contributed by atoms with Gasteiger partial charge in [-0.3, -0.25) is 0 Å². The van der Waals surface area contributed by atoms with Gasteiger partial charge in [0, 0.05) is 33.8 Å². The fourth-order valence-corrected chi connectivity index (χ4v) is 8.60. The monoisotopic (exact) mass is 765 g/mol. The van der Waals surface area contributed by atoms with Gasteiger partial charge >= 0.3 is 0 Å². The van der Waals surface area contributed by atoms with E-state index in [9.17, 15) is 0 Å². The Morgan fingerprint density at radius 1 is 0.267 bits per heavy atom. The van der Waals surface area contributed by atoms with E-state index >= 15 is 0 Å². The van der Waals surface area contributed by atoms with Crippen LogP contribution in [-0.2, 0) is 0 Å². The van der Waals surface area contributed by atoms with E-state index in [1.54, 1.807) is 0 Å². The summed E-state index contributed by atoms with van der Waals surface area (Å²) in [5, 5.41) is 4.74. The molecule has 0 fully saturated rings. The number of nitrogens with zero attached hydrogens (tertiary/aromatic N) is 1. The Bertz CT molecular complexity index is 3310. The number of furan rings is 1. The molecule has 0 N–H and O–H groups in total. The highest BCUT2D eigenvalue weighted by molar-refractivity contribution is 6.06. The number of rotatable bonds is 8. The molecule has 0 bridgehead atoms. The van der Waals surface area contributed by atoms with E-state index in [1.165, 1.54) is 49.7 Å². The zero-order valence-electron chi connectivity index (χ0n) is 32.9. The van der Waals surface area contributed by atoms with Gasteiger partial charge < -0.3 is 9.32 Å². The average molecular weight is 766 g/mol. The summed E-state index contributed by atoms with van der Waals surface area (Å²) in [6, 6.07) is 84.9. The third-order valence-corrected chi connectivity index (χ3v) is 11.7. The van der Waals surface area contributed by atoms with Gasteiger partial charge in [-0.25, -0.2) is 0 Å². The fourth-order valence-electron chi connectivity index (χ4n) is 8.60. The Balaban J connectivity index is 0.951. The van der Waals surface area contributed by atoms with Crippen LogP contribution in [0.2, 0.25) is 0 Å². The molecule has 11 rings (SSSR count). The van der Waals surface area contributed by atoms with Crippen LogP contribution in [0.4, 0.5) is 17.1 Å². The predicted octanol–water partition coefficient (Wildman–Crippen LogP) is 16.5. The zero-order valence-corrected chi connectivity index (χ0v) is 32.9. The lowest BCUT2D eigenvalue weighted by atomic mass is 9.96. The van der Waals surface area contributed by atoms with E-state index in [0.29, 0.717) is 0 Å². The molecule has 0 saturated carbocycles. The molecule has 0 spiro atoms. The van der Waals surface area contributed by atoms with E-state index in [1.807, 2.05) is 12.1 Å². The molecule has 0 aliphatic heterocycles. The predicted molar refractivity (Wildman–Crippen MR) is 253 cm³/mol. The molecule has 11 aromatic rings. The van der Waals surface area contributed by atoms with Crippen molar-refractivity contribution >= 4 is 49.8 Å². The molecule has 0 saturated heterocycles. The van der Waals surface area contributed by atoms with Crippen LogP contribution >= 0.6 is 0 Å². The summed E-state index contributed by atoms with van der Waals surface area (Å²) in [5.41, 5.74) is 16.8. The first-order chi connectivity index (χ1) is 29.7. The lowest BCUT2D eigenvalue weighted by Crippen LogP contribution is -2.11. The molecule has 0 radical (unpaired) electrons.